The molecule has 0 fully saturated rings. The van der Waals surface area contributed by atoms with Crippen molar-refractivity contribution in [3.8, 4) is 0 Å². The van der Waals surface area contributed by atoms with Crippen LogP contribution in [0.1, 0.15) is 33.6 Å². The molecule has 1 aromatic rings. The molecule has 19 heavy (non-hydrogen) atoms. The van der Waals surface area contributed by atoms with Crippen molar-refractivity contribution in [1.29, 1.82) is 0 Å². The lowest BCUT2D eigenvalue weighted by Crippen LogP contribution is -2.27. The van der Waals surface area contributed by atoms with E-state index in [1.807, 2.05) is 6.07 Å². The zero-order valence-electron chi connectivity index (χ0n) is 12.0. The molecule has 0 spiro atoms. The Hall–Kier alpha value is -1.56. The Labute approximate surface area is 114 Å². The average Bonchev–Trinajstić information content (AvgIpc) is 2.35. The molecule has 6 nitrogen and oxygen atoms in total. The van der Waals surface area contributed by atoms with Crippen LogP contribution in [0.5, 0.6) is 0 Å². The van der Waals surface area contributed by atoms with Gasteiger partial charge in [0.2, 0.25) is 5.95 Å². The van der Waals surface area contributed by atoms with Crippen LogP contribution in [-0.2, 0) is 0 Å². The van der Waals surface area contributed by atoms with E-state index in [9.17, 15) is 0 Å². The molecule has 1 rings (SSSR count). The summed E-state index contributed by atoms with van der Waals surface area (Å²) in [6.07, 6.45) is 1.70. The first-order valence-electron chi connectivity index (χ1n) is 6.82. The third-order valence-corrected chi connectivity index (χ3v) is 2.88. The van der Waals surface area contributed by atoms with Crippen LogP contribution in [0.2, 0.25) is 0 Å². The normalized spacial score (nSPS) is 12.5. The summed E-state index contributed by atoms with van der Waals surface area (Å²) in [6.45, 7) is 7.30. The molecule has 0 radical (unpaired) electrons. The van der Waals surface area contributed by atoms with Gasteiger partial charge in [-0.15, -0.1) is 0 Å². The van der Waals surface area contributed by atoms with E-state index >= 15 is 0 Å². The number of hydrogen-bond acceptors (Lipinski definition) is 6. The van der Waals surface area contributed by atoms with Crippen LogP contribution >= 0.6 is 0 Å². The highest BCUT2D eigenvalue weighted by Gasteiger charge is 2.14. The first-order chi connectivity index (χ1) is 9.06. The maximum Gasteiger partial charge on any atom is 0.223 e. The van der Waals surface area contributed by atoms with Crippen molar-refractivity contribution in [3.05, 3.63) is 6.07 Å². The number of nitrogens with one attached hydrogen (secondary N) is 2. The van der Waals surface area contributed by atoms with Crippen molar-refractivity contribution in [1.82, 2.24) is 9.97 Å². The van der Waals surface area contributed by atoms with E-state index in [-0.39, 0.29) is 18.6 Å². The lowest BCUT2D eigenvalue weighted by Gasteiger charge is -2.22. The second kappa shape index (κ2) is 7.78. The molecule has 1 unspecified atom stereocenters. The minimum atomic E-state index is 0.150. The van der Waals surface area contributed by atoms with Crippen molar-refractivity contribution in [2.45, 2.75) is 39.7 Å². The molecule has 1 aromatic heterocycles. The fourth-order valence-electron chi connectivity index (χ4n) is 1.78. The third-order valence-electron chi connectivity index (χ3n) is 2.88. The molecular weight excluding hydrogens is 242 g/mol. The maximum atomic E-state index is 9.08. The van der Waals surface area contributed by atoms with Crippen molar-refractivity contribution in [3.63, 3.8) is 0 Å². The standard InChI is InChI=1S/C13H25N5O/c1-4-6-15-11-8-12(18-13(14)17-11)16-10(5-7-19)9(2)3/h8-10,19H,4-7H2,1-3H3,(H4,14,15,16,17,18). The number of nitrogen functional groups attached to an aromatic ring is 1. The molecule has 0 bridgehead atoms. The molecule has 1 atom stereocenters. The van der Waals surface area contributed by atoms with Gasteiger partial charge in [-0.3, -0.25) is 0 Å². The molecule has 6 heteroatoms. The molecule has 0 aliphatic carbocycles. The molecule has 0 amide bonds. The van der Waals surface area contributed by atoms with Crippen LogP contribution in [0.4, 0.5) is 17.6 Å². The predicted octanol–water partition coefficient (Wildman–Crippen LogP) is 1.70. The smallest absolute Gasteiger partial charge is 0.223 e. The summed E-state index contributed by atoms with van der Waals surface area (Å²) in [5.41, 5.74) is 5.71. The highest BCUT2D eigenvalue weighted by atomic mass is 16.3. The van der Waals surface area contributed by atoms with Gasteiger partial charge < -0.3 is 21.5 Å². The van der Waals surface area contributed by atoms with Crippen LogP contribution in [-0.4, -0.2) is 34.3 Å². The number of nitrogens with two attached hydrogens (primary N) is 1. The average molecular weight is 267 g/mol. The molecule has 0 aliphatic heterocycles. The zero-order chi connectivity index (χ0) is 14.3. The summed E-state index contributed by atoms with van der Waals surface area (Å²) in [6, 6.07) is 2.01. The summed E-state index contributed by atoms with van der Waals surface area (Å²) in [7, 11) is 0. The highest BCUT2D eigenvalue weighted by molar-refractivity contribution is 5.51. The SMILES string of the molecule is CCCNc1cc(NC(CCO)C(C)C)nc(N)n1. The summed E-state index contributed by atoms with van der Waals surface area (Å²) >= 11 is 0. The summed E-state index contributed by atoms with van der Waals surface area (Å²) in [4.78, 5) is 8.32. The first kappa shape index (κ1) is 15.5. The van der Waals surface area contributed by atoms with Crippen molar-refractivity contribution >= 4 is 17.6 Å². The van der Waals surface area contributed by atoms with Crippen LogP contribution in [0.15, 0.2) is 6.07 Å². The van der Waals surface area contributed by atoms with E-state index in [1.165, 1.54) is 0 Å². The Morgan fingerprint density at radius 1 is 1.32 bits per heavy atom. The zero-order valence-corrected chi connectivity index (χ0v) is 12.0. The Balaban J connectivity index is 2.78. The molecule has 108 valence electrons. The molecule has 5 N–H and O–H groups in total. The van der Waals surface area contributed by atoms with Gasteiger partial charge in [0, 0.05) is 25.3 Å². The minimum Gasteiger partial charge on any atom is -0.396 e. The number of aliphatic hydroxyl groups is 1. The van der Waals surface area contributed by atoms with Crippen LogP contribution in [0, 0.1) is 5.92 Å². The Morgan fingerprint density at radius 3 is 2.58 bits per heavy atom. The number of hydrogen-bond donors (Lipinski definition) is 4. The van der Waals surface area contributed by atoms with Gasteiger partial charge in [0.25, 0.3) is 0 Å². The highest BCUT2D eigenvalue weighted by Crippen LogP contribution is 2.17. The first-order valence-corrected chi connectivity index (χ1v) is 6.82. The number of nitrogens with zero attached hydrogens (tertiary/aromatic N) is 2. The van der Waals surface area contributed by atoms with E-state index in [0.717, 1.165) is 18.8 Å². The van der Waals surface area contributed by atoms with E-state index < -0.39 is 0 Å². The third kappa shape index (κ3) is 5.30. The molecule has 1 heterocycles. The monoisotopic (exact) mass is 267 g/mol. The maximum absolute atomic E-state index is 9.08. The number of aliphatic hydroxyl groups excluding tert-OH is 1. The van der Waals surface area contributed by atoms with Gasteiger partial charge in [0.15, 0.2) is 0 Å². The van der Waals surface area contributed by atoms with Crippen LogP contribution in [0.25, 0.3) is 0 Å². The lowest BCUT2D eigenvalue weighted by atomic mass is 10.0. The van der Waals surface area contributed by atoms with Gasteiger partial charge in [0.1, 0.15) is 11.6 Å². The topological polar surface area (TPSA) is 96.1 Å². The molecule has 0 saturated carbocycles. The molecule has 0 aliphatic rings. The van der Waals surface area contributed by atoms with Crippen LogP contribution < -0.4 is 16.4 Å². The Bertz CT molecular complexity index is 383. The Kier molecular flexibility index (Phi) is 6.35. The summed E-state index contributed by atoms with van der Waals surface area (Å²) < 4.78 is 0. The largest absolute Gasteiger partial charge is 0.396 e. The van der Waals surface area contributed by atoms with Gasteiger partial charge in [-0.05, 0) is 18.8 Å². The second-order valence-electron chi connectivity index (χ2n) is 4.93. The summed E-state index contributed by atoms with van der Waals surface area (Å²) in [5, 5.41) is 15.6. The van der Waals surface area contributed by atoms with E-state index in [2.05, 4.69) is 41.4 Å². The predicted molar refractivity (Wildman–Crippen MR) is 79.2 cm³/mol. The number of rotatable bonds is 8. The van der Waals surface area contributed by atoms with E-state index in [1.54, 1.807) is 0 Å². The van der Waals surface area contributed by atoms with Gasteiger partial charge in [-0.1, -0.05) is 20.8 Å². The van der Waals surface area contributed by atoms with Gasteiger partial charge >= 0.3 is 0 Å². The van der Waals surface area contributed by atoms with Crippen molar-refractivity contribution in [2.24, 2.45) is 5.92 Å². The van der Waals surface area contributed by atoms with Gasteiger partial charge in [-0.2, -0.15) is 9.97 Å². The number of anilines is 3. The molecule has 0 saturated heterocycles. The van der Waals surface area contributed by atoms with Gasteiger partial charge in [0.05, 0.1) is 0 Å². The van der Waals surface area contributed by atoms with Crippen molar-refractivity contribution in [2.75, 3.05) is 29.5 Å². The fraction of sp³-hybridized carbons (Fsp3) is 0.692. The fourth-order valence-corrected chi connectivity index (χ4v) is 1.78. The lowest BCUT2D eigenvalue weighted by molar-refractivity contribution is 0.267. The minimum absolute atomic E-state index is 0.150. The van der Waals surface area contributed by atoms with E-state index in [0.29, 0.717) is 18.2 Å². The quantitative estimate of drug-likeness (QED) is 0.572. The number of aromatic nitrogens is 2. The molecule has 0 aromatic carbocycles. The summed E-state index contributed by atoms with van der Waals surface area (Å²) in [5.74, 6) is 2.06. The Morgan fingerprint density at radius 2 is 2.00 bits per heavy atom. The van der Waals surface area contributed by atoms with Gasteiger partial charge in [-0.25, -0.2) is 0 Å². The molecular formula is C13H25N5O. The van der Waals surface area contributed by atoms with Crippen LogP contribution in [0.3, 0.4) is 0 Å². The van der Waals surface area contributed by atoms with Crippen molar-refractivity contribution < 1.29 is 5.11 Å². The second-order valence-corrected chi connectivity index (χ2v) is 4.93. The van der Waals surface area contributed by atoms with E-state index in [4.69, 9.17) is 10.8 Å².